The lowest BCUT2D eigenvalue weighted by Gasteiger charge is -2.23. The molecule has 2 amide bonds. The highest BCUT2D eigenvalue weighted by molar-refractivity contribution is 5.79. The predicted molar refractivity (Wildman–Crippen MR) is 121 cm³/mol. The number of aryl methyl sites for hydroxylation is 2. The zero-order valence-corrected chi connectivity index (χ0v) is 19.7. The fourth-order valence-corrected chi connectivity index (χ4v) is 3.99. The Labute approximate surface area is 189 Å². The largest absolute Gasteiger partial charge is 0.352 e. The third-order valence-corrected chi connectivity index (χ3v) is 5.77. The standard InChI is InChI=1S/C25H33FN4O2/c1-16-21(12-22(31)27-14-18-6-8-20(26)9-7-18)17(2)29-24(28-16)19-10-11-30(15-19)23(32)13-25(3,4)5/h6-9,19H,10-15H2,1-5H3,(H,27,31)/t19-/m0/s1. The van der Waals surface area contributed by atoms with Gasteiger partial charge < -0.3 is 10.2 Å². The van der Waals surface area contributed by atoms with E-state index < -0.39 is 0 Å². The number of halogens is 1. The number of carbonyl (C=O) groups is 2. The summed E-state index contributed by atoms with van der Waals surface area (Å²) < 4.78 is 13.0. The number of hydrogen-bond acceptors (Lipinski definition) is 4. The van der Waals surface area contributed by atoms with Crippen molar-refractivity contribution in [1.29, 1.82) is 0 Å². The van der Waals surface area contributed by atoms with Crippen molar-refractivity contribution in [1.82, 2.24) is 20.2 Å². The molecule has 1 saturated heterocycles. The minimum absolute atomic E-state index is 0.0300. The van der Waals surface area contributed by atoms with Crippen LogP contribution in [0.5, 0.6) is 0 Å². The Bertz CT molecular complexity index is 959. The van der Waals surface area contributed by atoms with Crippen LogP contribution in [0.2, 0.25) is 0 Å². The average molecular weight is 441 g/mol. The van der Waals surface area contributed by atoms with Gasteiger partial charge in [0, 0.05) is 48.9 Å². The molecule has 32 heavy (non-hydrogen) atoms. The number of nitrogens with zero attached hydrogens (tertiary/aromatic N) is 3. The number of carbonyl (C=O) groups excluding carboxylic acids is 2. The van der Waals surface area contributed by atoms with Crippen molar-refractivity contribution in [3.8, 4) is 0 Å². The van der Waals surface area contributed by atoms with E-state index in [2.05, 4.69) is 26.1 Å². The quantitative estimate of drug-likeness (QED) is 0.741. The Morgan fingerprint density at radius 2 is 1.75 bits per heavy atom. The van der Waals surface area contributed by atoms with Crippen LogP contribution in [0.15, 0.2) is 24.3 Å². The summed E-state index contributed by atoms with van der Waals surface area (Å²) >= 11 is 0. The molecule has 0 bridgehead atoms. The van der Waals surface area contributed by atoms with Gasteiger partial charge in [0.1, 0.15) is 11.6 Å². The zero-order chi connectivity index (χ0) is 23.5. The van der Waals surface area contributed by atoms with E-state index >= 15 is 0 Å². The Hall–Kier alpha value is -2.83. The van der Waals surface area contributed by atoms with Gasteiger partial charge in [-0.1, -0.05) is 32.9 Å². The van der Waals surface area contributed by atoms with Gasteiger partial charge in [-0.15, -0.1) is 0 Å². The molecule has 7 heteroatoms. The Kier molecular flexibility index (Phi) is 7.26. The van der Waals surface area contributed by atoms with Crippen molar-refractivity contribution in [2.75, 3.05) is 13.1 Å². The first-order valence-corrected chi connectivity index (χ1v) is 11.1. The maximum Gasteiger partial charge on any atom is 0.224 e. The van der Waals surface area contributed by atoms with Crippen LogP contribution < -0.4 is 5.32 Å². The topological polar surface area (TPSA) is 75.2 Å². The Balaban J connectivity index is 1.60. The molecule has 1 fully saturated rings. The molecule has 0 saturated carbocycles. The van der Waals surface area contributed by atoms with Gasteiger partial charge in [-0.3, -0.25) is 9.59 Å². The van der Waals surface area contributed by atoms with Crippen LogP contribution in [0.1, 0.15) is 67.9 Å². The molecule has 1 aromatic heterocycles. The fourth-order valence-electron chi connectivity index (χ4n) is 3.99. The molecule has 1 aliphatic heterocycles. The molecule has 1 atom stereocenters. The first-order chi connectivity index (χ1) is 15.0. The molecular formula is C25H33FN4O2. The van der Waals surface area contributed by atoms with Crippen LogP contribution >= 0.6 is 0 Å². The number of likely N-dealkylation sites (tertiary alicyclic amines) is 1. The van der Waals surface area contributed by atoms with Crippen LogP contribution in [-0.2, 0) is 22.6 Å². The summed E-state index contributed by atoms with van der Waals surface area (Å²) in [7, 11) is 0. The lowest BCUT2D eigenvalue weighted by molar-refractivity contribution is -0.132. The highest BCUT2D eigenvalue weighted by Gasteiger charge is 2.31. The zero-order valence-electron chi connectivity index (χ0n) is 19.7. The minimum atomic E-state index is -0.299. The summed E-state index contributed by atoms with van der Waals surface area (Å²) in [5, 5.41) is 2.87. The summed E-state index contributed by atoms with van der Waals surface area (Å²) in [5.41, 5.74) is 3.22. The van der Waals surface area contributed by atoms with Crippen molar-refractivity contribution in [3.63, 3.8) is 0 Å². The van der Waals surface area contributed by atoms with Crippen molar-refractivity contribution in [2.45, 2.75) is 66.3 Å². The summed E-state index contributed by atoms with van der Waals surface area (Å²) in [6.07, 6.45) is 1.58. The third kappa shape index (κ3) is 6.34. The molecule has 1 aromatic carbocycles. The van der Waals surface area contributed by atoms with Crippen LogP contribution in [0.4, 0.5) is 4.39 Å². The maximum atomic E-state index is 13.0. The third-order valence-electron chi connectivity index (χ3n) is 5.77. The number of aromatic nitrogens is 2. The van der Waals surface area contributed by atoms with E-state index in [1.807, 2.05) is 18.7 Å². The van der Waals surface area contributed by atoms with Crippen molar-refractivity contribution < 1.29 is 14.0 Å². The summed E-state index contributed by atoms with van der Waals surface area (Å²) in [5.74, 6) is 0.631. The van der Waals surface area contributed by atoms with Crippen molar-refractivity contribution in [3.05, 3.63) is 58.4 Å². The van der Waals surface area contributed by atoms with Crippen molar-refractivity contribution >= 4 is 11.8 Å². The number of hydrogen-bond donors (Lipinski definition) is 1. The molecule has 2 heterocycles. The molecule has 172 valence electrons. The van der Waals surface area contributed by atoms with Gasteiger partial charge in [0.25, 0.3) is 0 Å². The van der Waals surface area contributed by atoms with E-state index in [0.29, 0.717) is 19.5 Å². The second kappa shape index (κ2) is 9.76. The second-order valence-electron chi connectivity index (χ2n) is 9.87. The second-order valence-corrected chi connectivity index (χ2v) is 9.87. The van der Waals surface area contributed by atoms with Crippen LogP contribution in [-0.4, -0.2) is 39.8 Å². The normalized spacial score (nSPS) is 16.3. The number of benzene rings is 1. The van der Waals surface area contributed by atoms with Gasteiger partial charge in [0.05, 0.1) is 6.42 Å². The number of rotatable bonds is 6. The van der Waals surface area contributed by atoms with E-state index in [1.54, 1.807) is 12.1 Å². The van der Waals surface area contributed by atoms with Gasteiger partial charge in [-0.25, -0.2) is 14.4 Å². The molecule has 0 spiro atoms. The number of nitrogens with one attached hydrogen (secondary N) is 1. The first-order valence-electron chi connectivity index (χ1n) is 11.1. The molecule has 6 nitrogen and oxygen atoms in total. The van der Waals surface area contributed by atoms with Gasteiger partial charge in [-0.2, -0.15) is 0 Å². The molecule has 0 radical (unpaired) electrons. The smallest absolute Gasteiger partial charge is 0.224 e. The maximum absolute atomic E-state index is 13.0. The highest BCUT2D eigenvalue weighted by atomic mass is 19.1. The Morgan fingerprint density at radius 1 is 1.12 bits per heavy atom. The first kappa shape index (κ1) is 23.8. The molecule has 0 aliphatic carbocycles. The molecule has 1 N–H and O–H groups in total. The van der Waals surface area contributed by atoms with E-state index in [4.69, 9.17) is 9.97 Å². The van der Waals surface area contributed by atoms with Crippen LogP contribution in [0.25, 0.3) is 0 Å². The van der Waals surface area contributed by atoms with Gasteiger partial charge in [0.2, 0.25) is 11.8 Å². The van der Waals surface area contributed by atoms with E-state index in [-0.39, 0.29) is 35.4 Å². The molecular weight excluding hydrogens is 407 g/mol. The van der Waals surface area contributed by atoms with Crippen LogP contribution in [0, 0.1) is 25.1 Å². The van der Waals surface area contributed by atoms with E-state index in [0.717, 1.165) is 41.3 Å². The van der Waals surface area contributed by atoms with Gasteiger partial charge in [-0.05, 0) is 43.4 Å². The minimum Gasteiger partial charge on any atom is -0.352 e. The highest BCUT2D eigenvalue weighted by Crippen LogP contribution is 2.28. The van der Waals surface area contributed by atoms with Crippen molar-refractivity contribution in [2.24, 2.45) is 5.41 Å². The summed E-state index contributed by atoms with van der Waals surface area (Å²) in [6, 6.07) is 6.06. The monoisotopic (exact) mass is 440 g/mol. The molecule has 1 aliphatic rings. The van der Waals surface area contributed by atoms with E-state index in [9.17, 15) is 14.0 Å². The molecule has 0 unspecified atom stereocenters. The lowest BCUT2D eigenvalue weighted by atomic mass is 9.92. The fraction of sp³-hybridized carbons (Fsp3) is 0.520. The van der Waals surface area contributed by atoms with Crippen LogP contribution in [0.3, 0.4) is 0 Å². The molecule has 3 rings (SSSR count). The average Bonchev–Trinajstić information content (AvgIpc) is 3.19. The predicted octanol–water partition coefficient (Wildman–Crippen LogP) is 3.84. The SMILES string of the molecule is Cc1nc([C@H]2CCN(C(=O)CC(C)(C)C)C2)nc(C)c1CC(=O)NCc1ccc(F)cc1. The summed E-state index contributed by atoms with van der Waals surface area (Å²) in [6.45, 7) is 11.7. The molecule has 2 aromatic rings. The lowest BCUT2D eigenvalue weighted by Crippen LogP contribution is -2.31. The van der Waals surface area contributed by atoms with E-state index in [1.165, 1.54) is 12.1 Å². The van der Waals surface area contributed by atoms with Gasteiger partial charge in [0.15, 0.2) is 0 Å². The summed E-state index contributed by atoms with van der Waals surface area (Å²) in [4.78, 5) is 36.3. The number of amides is 2. The van der Waals surface area contributed by atoms with Gasteiger partial charge >= 0.3 is 0 Å². The Morgan fingerprint density at radius 3 is 2.34 bits per heavy atom.